The maximum Gasteiger partial charge on any atom is 0.312 e. The number of carbonyl (C=O) groups is 3. The van der Waals surface area contributed by atoms with Crippen LogP contribution in [0.15, 0.2) is 0 Å². The molecule has 0 radical (unpaired) electrons. The maximum atomic E-state index is 13.6. The predicted molar refractivity (Wildman–Crippen MR) is 105 cm³/mol. The number of fused-ring (bicyclic) bond motifs is 1. The molecule has 164 valence electrons. The second kappa shape index (κ2) is 8.60. The number of nitrogens with one attached hydrogen (secondary N) is 1. The lowest BCUT2D eigenvalue weighted by atomic mass is 9.71. The first-order valence-electron chi connectivity index (χ1n) is 10.9. The Labute approximate surface area is 172 Å². The van der Waals surface area contributed by atoms with Gasteiger partial charge in [-0.15, -0.1) is 0 Å². The van der Waals surface area contributed by atoms with Crippen molar-refractivity contribution in [2.45, 2.75) is 77.2 Å². The number of ether oxygens (including phenoxy) is 2. The Morgan fingerprint density at radius 1 is 1.38 bits per heavy atom. The van der Waals surface area contributed by atoms with E-state index in [1.54, 1.807) is 6.92 Å². The molecule has 2 bridgehead atoms. The minimum absolute atomic E-state index is 0.0524. The van der Waals surface area contributed by atoms with Gasteiger partial charge in [0.25, 0.3) is 0 Å². The van der Waals surface area contributed by atoms with Gasteiger partial charge in [-0.3, -0.25) is 14.4 Å². The monoisotopic (exact) mass is 410 g/mol. The molecule has 0 aliphatic carbocycles. The molecule has 3 fully saturated rings. The van der Waals surface area contributed by atoms with Crippen molar-refractivity contribution >= 4 is 17.8 Å². The van der Waals surface area contributed by atoms with Crippen molar-refractivity contribution < 1.29 is 29.0 Å². The van der Waals surface area contributed by atoms with Gasteiger partial charge in [-0.1, -0.05) is 27.2 Å². The van der Waals surface area contributed by atoms with E-state index in [4.69, 9.17) is 9.47 Å². The molecule has 8 heteroatoms. The third kappa shape index (κ3) is 3.44. The van der Waals surface area contributed by atoms with E-state index in [9.17, 15) is 19.5 Å². The second-order valence-electron chi connectivity index (χ2n) is 8.69. The van der Waals surface area contributed by atoms with Gasteiger partial charge in [0, 0.05) is 6.54 Å². The van der Waals surface area contributed by atoms with Gasteiger partial charge >= 0.3 is 5.97 Å². The van der Waals surface area contributed by atoms with E-state index in [2.05, 4.69) is 5.32 Å². The Hall–Kier alpha value is -1.67. The van der Waals surface area contributed by atoms with Gasteiger partial charge in [0.2, 0.25) is 11.8 Å². The van der Waals surface area contributed by atoms with Crippen LogP contribution >= 0.6 is 0 Å². The summed E-state index contributed by atoms with van der Waals surface area (Å²) in [6.45, 7) is 8.09. The topological polar surface area (TPSA) is 105 Å². The molecule has 6 atom stereocenters. The molecular weight excluding hydrogens is 376 g/mol. The molecule has 3 aliphatic heterocycles. The number of likely N-dealkylation sites (tertiary alicyclic amines) is 1. The number of aliphatic hydroxyl groups excluding tert-OH is 1. The standard InChI is InChI=1S/C21H34N2O6/c1-5-7-10-22-18(25)17-21-9-8-14(29-21)15(20(27)28-6-2)16(21)19(26)23(17)13(11-24)12(3)4/h12-17,24H,5-11H2,1-4H3,(H,22,25)/t13-,14-,15+,16+,17-,21+/m0/s1. The van der Waals surface area contributed by atoms with Gasteiger partial charge in [-0.05, 0) is 32.1 Å². The number of rotatable bonds is 9. The van der Waals surface area contributed by atoms with Crippen LogP contribution in [0.2, 0.25) is 0 Å². The molecular formula is C21H34N2O6. The van der Waals surface area contributed by atoms with E-state index >= 15 is 0 Å². The van der Waals surface area contributed by atoms with E-state index in [0.717, 1.165) is 12.8 Å². The molecule has 1 spiro atoms. The molecule has 8 nitrogen and oxygen atoms in total. The summed E-state index contributed by atoms with van der Waals surface area (Å²) >= 11 is 0. The predicted octanol–water partition coefficient (Wildman–Crippen LogP) is 0.857. The lowest BCUT2D eigenvalue weighted by Gasteiger charge is -2.38. The highest BCUT2D eigenvalue weighted by atomic mass is 16.6. The first kappa shape index (κ1) is 22.0. The van der Waals surface area contributed by atoms with Crippen LogP contribution in [-0.4, -0.2) is 71.3 Å². The Morgan fingerprint density at radius 3 is 2.69 bits per heavy atom. The summed E-state index contributed by atoms with van der Waals surface area (Å²) in [5, 5.41) is 13.0. The molecule has 0 aromatic heterocycles. The van der Waals surface area contributed by atoms with Crippen molar-refractivity contribution in [3.8, 4) is 0 Å². The quantitative estimate of drug-likeness (QED) is 0.431. The fourth-order valence-corrected chi connectivity index (χ4v) is 5.36. The number of hydrogen-bond donors (Lipinski definition) is 2. The Bertz CT molecular complexity index is 653. The van der Waals surface area contributed by atoms with Gasteiger partial charge in [0.15, 0.2) is 0 Å². The lowest BCUT2D eigenvalue weighted by Crippen LogP contribution is -2.59. The van der Waals surface area contributed by atoms with Crippen molar-refractivity contribution in [2.24, 2.45) is 17.8 Å². The van der Waals surface area contributed by atoms with Crippen LogP contribution in [0, 0.1) is 17.8 Å². The van der Waals surface area contributed by atoms with Crippen molar-refractivity contribution in [1.82, 2.24) is 10.2 Å². The number of nitrogens with zero attached hydrogens (tertiary/aromatic N) is 1. The van der Waals surface area contributed by atoms with Gasteiger partial charge in [-0.2, -0.15) is 0 Å². The summed E-state index contributed by atoms with van der Waals surface area (Å²) < 4.78 is 11.5. The maximum absolute atomic E-state index is 13.6. The van der Waals surface area contributed by atoms with E-state index in [1.165, 1.54) is 4.90 Å². The molecule has 29 heavy (non-hydrogen) atoms. The van der Waals surface area contributed by atoms with Gasteiger partial charge < -0.3 is 24.8 Å². The smallest absolute Gasteiger partial charge is 0.312 e. The number of amides is 2. The van der Waals surface area contributed by atoms with Crippen molar-refractivity contribution in [1.29, 1.82) is 0 Å². The van der Waals surface area contributed by atoms with Gasteiger partial charge in [0.1, 0.15) is 11.6 Å². The highest BCUT2D eigenvalue weighted by Gasteiger charge is 2.75. The first-order chi connectivity index (χ1) is 13.8. The Balaban J connectivity index is 2.00. The summed E-state index contributed by atoms with van der Waals surface area (Å²) in [6, 6.07) is -1.37. The zero-order chi connectivity index (χ0) is 21.3. The first-order valence-corrected chi connectivity index (χ1v) is 10.9. The SMILES string of the molecule is CCCCNC(=O)[C@@H]1N([C@@H](CO)C(C)C)C(=O)[C@H]2[C@H](C(=O)OCC)[C@@H]3CC[C@]12O3. The number of hydrogen-bond acceptors (Lipinski definition) is 6. The number of aliphatic hydroxyl groups is 1. The van der Waals surface area contributed by atoms with E-state index in [1.807, 2.05) is 20.8 Å². The highest BCUT2D eigenvalue weighted by molar-refractivity contribution is 5.98. The summed E-state index contributed by atoms with van der Waals surface area (Å²) in [5.74, 6) is -2.47. The zero-order valence-electron chi connectivity index (χ0n) is 17.8. The fraction of sp³-hybridized carbons (Fsp3) is 0.857. The van der Waals surface area contributed by atoms with Crippen LogP contribution in [0.25, 0.3) is 0 Å². The molecule has 2 amide bonds. The summed E-state index contributed by atoms with van der Waals surface area (Å²) in [5.41, 5.74) is -1.03. The van der Waals surface area contributed by atoms with Crippen LogP contribution < -0.4 is 5.32 Å². The summed E-state index contributed by atoms with van der Waals surface area (Å²) in [7, 11) is 0. The highest BCUT2D eigenvalue weighted by Crippen LogP contribution is 2.59. The van der Waals surface area contributed by atoms with Crippen LogP contribution in [0.4, 0.5) is 0 Å². The lowest BCUT2D eigenvalue weighted by molar-refractivity contribution is -0.155. The molecule has 3 heterocycles. The van der Waals surface area contributed by atoms with Crippen molar-refractivity contribution in [3.63, 3.8) is 0 Å². The second-order valence-corrected chi connectivity index (χ2v) is 8.69. The summed E-state index contributed by atoms with van der Waals surface area (Å²) in [6.07, 6.45) is 2.54. The molecule has 3 saturated heterocycles. The van der Waals surface area contributed by atoms with Crippen LogP contribution in [0.3, 0.4) is 0 Å². The van der Waals surface area contributed by atoms with Crippen molar-refractivity contribution in [3.05, 3.63) is 0 Å². The van der Waals surface area contributed by atoms with Gasteiger partial charge in [0.05, 0.1) is 37.2 Å². The molecule has 0 saturated carbocycles. The van der Waals surface area contributed by atoms with Crippen molar-refractivity contribution in [2.75, 3.05) is 19.8 Å². The third-order valence-electron chi connectivity index (χ3n) is 6.69. The molecule has 0 aromatic rings. The van der Waals surface area contributed by atoms with Crippen LogP contribution in [0.1, 0.15) is 53.4 Å². The van der Waals surface area contributed by atoms with Gasteiger partial charge in [-0.25, -0.2) is 0 Å². The average molecular weight is 411 g/mol. The molecule has 0 unspecified atom stereocenters. The minimum Gasteiger partial charge on any atom is -0.466 e. The largest absolute Gasteiger partial charge is 0.466 e. The van der Waals surface area contributed by atoms with E-state index in [0.29, 0.717) is 19.4 Å². The average Bonchev–Trinajstić information content (AvgIpc) is 3.30. The normalized spacial score (nSPS) is 33.9. The third-order valence-corrected chi connectivity index (χ3v) is 6.69. The van der Waals surface area contributed by atoms with E-state index in [-0.39, 0.29) is 30.9 Å². The Morgan fingerprint density at radius 2 is 2.10 bits per heavy atom. The number of esters is 1. The number of unbranched alkanes of at least 4 members (excludes halogenated alkanes) is 1. The molecule has 0 aromatic carbocycles. The minimum atomic E-state index is -1.03. The summed E-state index contributed by atoms with van der Waals surface area (Å²) in [4.78, 5) is 41.0. The van der Waals surface area contributed by atoms with Crippen LogP contribution in [-0.2, 0) is 23.9 Å². The Kier molecular flexibility index (Phi) is 6.53. The molecule has 2 N–H and O–H groups in total. The van der Waals surface area contributed by atoms with E-state index < -0.39 is 41.6 Å². The fourth-order valence-electron chi connectivity index (χ4n) is 5.36. The molecule has 3 aliphatic rings. The van der Waals surface area contributed by atoms with Crippen LogP contribution in [0.5, 0.6) is 0 Å². The molecule has 3 rings (SSSR count). The number of carbonyl (C=O) groups excluding carboxylic acids is 3. The zero-order valence-corrected chi connectivity index (χ0v) is 17.8.